The van der Waals surface area contributed by atoms with Crippen LogP contribution in [0, 0.1) is 23.3 Å². The Balaban J connectivity index is 0.00000264. The molecule has 23 heavy (non-hydrogen) atoms. The fourth-order valence-electron chi connectivity index (χ4n) is 2.50. The summed E-state index contributed by atoms with van der Waals surface area (Å²) >= 11 is 0. The summed E-state index contributed by atoms with van der Waals surface area (Å²) in [5, 5.41) is 2.95. The standard InChI is InChI=1S/C13H16F4N2O2S.ClH/c1-2-5-19(8-3-4-18-7-8)22(20,21)13-11(16)9(14)6-10(15)12(13)17;/h6,8,18H,2-5,7H2,1H3;1H. The van der Waals surface area contributed by atoms with Gasteiger partial charge in [0.15, 0.2) is 28.2 Å². The fourth-order valence-corrected chi connectivity index (χ4v) is 4.38. The molecule has 4 nitrogen and oxygen atoms in total. The van der Waals surface area contributed by atoms with Gasteiger partial charge in [0.2, 0.25) is 10.0 Å². The molecule has 1 aromatic carbocycles. The molecule has 1 unspecified atom stereocenters. The van der Waals surface area contributed by atoms with Gasteiger partial charge in [0.05, 0.1) is 0 Å². The van der Waals surface area contributed by atoms with Crippen LogP contribution < -0.4 is 5.32 Å². The van der Waals surface area contributed by atoms with Gasteiger partial charge in [-0.05, 0) is 19.4 Å². The lowest BCUT2D eigenvalue weighted by molar-refractivity contribution is 0.327. The summed E-state index contributed by atoms with van der Waals surface area (Å²) in [5.41, 5.74) is 0. The molecule has 0 radical (unpaired) electrons. The minimum absolute atomic E-state index is 0. The quantitative estimate of drug-likeness (QED) is 0.634. The number of rotatable bonds is 5. The van der Waals surface area contributed by atoms with Gasteiger partial charge in [0.25, 0.3) is 0 Å². The molecule has 1 heterocycles. The first-order valence-corrected chi connectivity index (χ1v) is 8.30. The van der Waals surface area contributed by atoms with E-state index in [0.29, 0.717) is 25.9 Å². The van der Waals surface area contributed by atoms with E-state index >= 15 is 0 Å². The van der Waals surface area contributed by atoms with Crippen LogP contribution in [0.1, 0.15) is 19.8 Å². The summed E-state index contributed by atoms with van der Waals surface area (Å²) in [6.07, 6.45) is 0.858. The van der Waals surface area contributed by atoms with Crippen molar-refractivity contribution < 1.29 is 26.0 Å². The smallest absolute Gasteiger partial charge is 0.249 e. The number of nitrogens with one attached hydrogen (secondary N) is 1. The summed E-state index contributed by atoms with van der Waals surface area (Å²) in [5.74, 6) is -7.27. The van der Waals surface area contributed by atoms with Gasteiger partial charge in [-0.15, -0.1) is 12.4 Å². The predicted octanol–water partition coefficient (Wildman–Crippen LogP) is 2.43. The van der Waals surface area contributed by atoms with Crippen LogP contribution in [-0.4, -0.2) is 38.4 Å². The van der Waals surface area contributed by atoms with Crippen molar-refractivity contribution in [2.45, 2.75) is 30.7 Å². The van der Waals surface area contributed by atoms with Crippen molar-refractivity contribution in [1.29, 1.82) is 0 Å². The van der Waals surface area contributed by atoms with Crippen molar-refractivity contribution in [2.24, 2.45) is 0 Å². The topological polar surface area (TPSA) is 49.4 Å². The van der Waals surface area contributed by atoms with Gasteiger partial charge in [-0.1, -0.05) is 6.92 Å². The monoisotopic (exact) mass is 376 g/mol. The molecule has 1 aliphatic heterocycles. The highest BCUT2D eigenvalue weighted by atomic mass is 35.5. The first kappa shape index (κ1) is 20.1. The zero-order valence-corrected chi connectivity index (χ0v) is 13.9. The van der Waals surface area contributed by atoms with Crippen LogP contribution in [0.2, 0.25) is 0 Å². The van der Waals surface area contributed by atoms with Crippen molar-refractivity contribution in [3.8, 4) is 0 Å². The van der Waals surface area contributed by atoms with E-state index in [4.69, 9.17) is 0 Å². The second kappa shape index (κ2) is 7.78. The second-order valence-electron chi connectivity index (χ2n) is 5.06. The second-order valence-corrected chi connectivity index (χ2v) is 6.89. The van der Waals surface area contributed by atoms with E-state index in [1.807, 2.05) is 0 Å². The van der Waals surface area contributed by atoms with Gasteiger partial charge in [0.1, 0.15) is 0 Å². The molecule has 2 rings (SSSR count). The van der Waals surface area contributed by atoms with E-state index in [2.05, 4.69) is 5.32 Å². The predicted molar refractivity (Wildman–Crippen MR) is 79.0 cm³/mol. The van der Waals surface area contributed by atoms with Crippen LogP contribution in [0.5, 0.6) is 0 Å². The molecule has 1 saturated heterocycles. The van der Waals surface area contributed by atoms with Crippen molar-refractivity contribution in [3.63, 3.8) is 0 Å². The lowest BCUT2D eigenvalue weighted by Crippen LogP contribution is -2.42. The molecule has 1 N–H and O–H groups in total. The molecule has 0 bridgehead atoms. The molecule has 1 atom stereocenters. The summed E-state index contributed by atoms with van der Waals surface area (Å²) in [6.45, 7) is 2.58. The Labute approximate surface area is 138 Å². The largest absolute Gasteiger partial charge is 0.315 e. The van der Waals surface area contributed by atoms with Crippen LogP contribution in [-0.2, 0) is 10.0 Å². The van der Waals surface area contributed by atoms with Crippen molar-refractivity contribution in [3.05, 3.63) is 29.3 Å². The van der Waals surface area contributed by atoms with Crippen LogP contribution >= 0.6 is 12.4 Å². The Morgan fingerprint density at radius 2 is 1.78 bits per heavy atom. The molecule has 1 aliphatic rings. The molecular formula is C13H17ClF4N2O2S. The maximum absolute atomic E-state index is 13.8. The number of benzene rings is 1. The Hall–Kier alpha value is -0.900. The normalized spacial score (nSPS) is 18.3. The van der Waals surface area contributed by atoms with E-state index < -0.39 is 44.2 Å². The van der Waals surface area contributed by atoms with Gasteiger partial charge in [-0.2, -0.15) is 4.31 Å². The van der Waals surface area contributed by atoms with Crippen LogP contribution in [0.4, 0.5) is 17.6 Å². The molecule has 0 amide bonds. The molecule has 0 aliphatic carbocycles. The summed E-state index contributed by atoms with van der Waals surface area (Å²) < 4.78 is 80.2. The minimum Gasteiger partial charge on any atom is -0.315 e. The zero-order valence-electron chi connectivity index (χ0n) is 12.3. The molecule has 10 heteroatoms. The van der Waals surface area contributed by atoms with Gasteiger partial charge in [0, 0.05) is 25.2 Å². The lowest BCUT2D eigenvalue weighted by Gasteiger charge is -2.27. The lowest BCUT2D eigenvalue weighted by atomic mass is 10.2. The van der Waals surface area contributed by atoms with Crippen LogP contribution in [0.3, 0.4) is 0 Å². The average Bonchev–Trinajstić information content (AvgIpc) is 2.96. The van der Waals surface area contributed by atoms with Gasteiger partial charge < -0.3 is 5.32 Å². The molecule has 1 aromatic rings. The number of hydrogen-bond donors (Lipinski definition) is 1. The molecule has 0 saturated carbocycles. The third-order valence-corrected chi connectivity index (χ3v) is 5.50. The minimum atomic E-state index is -4.69. The van der Waals surface area contributed by atoms with Gasteiger partial charge >= 0.3 is 0 Å². The Bertz CT molecular complexity index is 640. The van der Waals surface area contributed by atoms with Crippen LogP contribution in [0.15, 0.2) is 11.0 Å². The van der Waals surface area contributed by atoms with E-state index in [1.165, 1.54) is 0 Å². The zero-order chi connectivity index (χ0) is 16.5. The maximum Gasteiger partial charge on any atom is 0.249 e. The Morgan fingerprint density at radius 3 is 2.22 bits per heavy atom. The molecule has 1 fully saturated rings. The summed E-state index contributed by atoms with van der Waals surface area (Å²) in [6, 6.07) is -0.514. The first-order chi connectivity index (χ1) is 10.3. The molecular weight excluding hydrogens is 360 g/mol. The third kappa shape index (κ3) is 3.78. The third-order valence-electron chi connectivity index (χ3n) is 3.52. The number of hydrogen-bond acceptors (Lipinski definition) is 3. The molecule has 0 aromatic heterocycles. The van der Waals surface area contributed by atoms with Crippen LogP contribution in [0.25, 0.3) is 0 Å². The van der Waals surface area contributed by atoms with E-state index in [-0.39, 0.29) is 25.0 Å². The fraction of sp³-hybridized carbons (Fsp3) is 0.538. The first-order valence-electron chi connectivity index (χ1n) is 6.86. The Kier molecular flexibility index (Phi) is 6.81. The number of halogens is 5. The summed E-state index contributed by atoms with van der Waals surface area (Å²) in [4.78, 5) is -1.56. The number of nitrogens with zero attached hydrogens (tertiary/aromatic N) is 1. The Morgan fingerprint density at radius 1 is 1.22 bits per heavy atom. The molecule has 0 spiro atoms. The highest BCUT2D eigenvalue weighted by Gasteiger charge is 2.38. The molecule has 132 valence electrons. The van der Waals surface area contributed by atoms with E-state index in [0.717, 1.165) is 4.31 Å². The highest BCUT2D eigenvalue weighted by Crippen LogP contribution is 2.29. The van der Waals surface area contributed by atoms with Crippen molar-refractivity contribution in [1.82, 2.24) is 9.62 Å². The summed E-state index contributed by atoms with van der Waals surface area (Å²) in [7, 11) is -4.69. The van der Waals surface area contributed by atoms with E-state index in [1.54, 1.807) is 6.92 Å². The van der Waals surface area contributed by atoms with Gasteiger partial charge in [-0.3, -0.25) is 0 Å². The van der Waals surface area contributed by atoms with E-state index in [9.17, 15) is 26.0 Å². The SMILES string of the molecule is CCCN(C1CCNC1)S(=O)(=O)c1c(F)c(F)cc(F)c1F.Cl. The highest BCUT2D eigenvalue weighted by molar-refractivity contribution is 7.89. The maximum atomic E-state index is 13.8. The number of sulfonamides is 1. The van der Waals surface area contributed by atoms with Crippen molar-refractivity contribution >= 4 is 22.4 Å². The van der Waals surface area contributed by atoms with Gasteiger partial charge in [-0.25, -0.2) is 26.0 Å². The van der Waals surface area contributed by atoms with Crippen molar-refractivity contribution in [2.75, 3.05) is 19.6 Å². The average molecular weight is 377 g/mol.